The van der Waals surface area contributed by atoms with Gasteiger partial charge in [0.1, 0.15) is 0 Å². The Morgan fingerprint density at radius 1 is 1.42 bits per heavy atom. The van der Waals surface area contributed by atoms with Crippen LogP contribution in [0.15, 0.2) is 12.4 Å². The van der Waals surface area contributed by atoms with E-state index in [0.29, 0.717) is 5.41 Å². The minimum Gasteiger partial charge on any atom is -0.316 e. The maximum Gasteiger partial charge on any atom is 0.0534 e. The van der Waals surface area contributed by atoms with Crippen molar-refractivity contribution in [3.63, 3.8) is 0 Å². The van der Waals surface area contributed by atoms with Crippen LogP contribution in [0, 0.1) is 5.41 Å². The minimum absolute atomic E-state index is 0.349. The van der Waals surface area contributed by atoms with E-state index in [1.165, 1.54) is 18.4 Å². The fourth-order valence-corrected chi connectivity index (χ4v) is 2.83. The Morgan fingerprint density at radius 2 is 2.16 bits per heavy atom. The van der Waals surface area contributed by atoms with Gasteiger partial charge in [-0.3, -0.25) is 4.68 Å². The number of aromatic nitrogens is 2. The van der Waals surface area contributed by atoms with Crippen LogP contribution in [0.2, 0.25) is 0 Å². The van der Waals surface area contributed by atoms with E-state index in [4.69, 9.17) is 0 Å². The molecule has 0 bridgehead atoms. The lowest BCUT2D eigenvalue weighted by Gasteiger charge is -2.34. The van der Waals surface area contributed by atoms with E-state index in [0.717, 1.165) is 26.2 Å². The Bertz CT molecular complexity index is 361. The predicted molar refractivity (Wildman–Crippen MR) is 81.1 cm³/mol. The lowest BCUT2D eigenvalue weighted by molar-refractivity contribution is 0.169. The summed E-state index contributed by atoms with van der Waals surface area (Å²) in [5, 5.41) is 7.73. The van der Waals surface area contributed by atoms with Gasteiger partial charge in [-0.25, -0.2) is 0 Å². The summed E-state index contributed by atoms with van der Waals surface area (Å²) in [5.41, 5.74) is 1.63. The molecule has 0 aromatic carbocycles. The SMILES string of the molecule is CCCC(C)(CNCC)CN(C)Cc1cnn(C)c1. The maximum absolute atomic E-state index is 4.23. The van der Waals surface area contributed by atoms with Crippen LogP contribution in [0.25, 0.3) is 0 Å². The summed E-state index contributed by atoms with van der Waals surface area (Å²) in [6, 6.07) is 0. The van der Waals surface area contributed by atoms with E-state index >= 15 is 0 Å². The van der Waals surface area contributed by atoms with Crippen LogP contribution in [-0.4, -0.2) is 41.4 Å². The Hall–Kier alpha value is -0.870. The monoisotopic (exact) mass is 266 g/mol. The lowest BCUT2D eigenvalue weighted by atomic mass is 9.85. The first-order valence-electron chi connectivity index (χ1n) is 7.36. The topological polar surface area (TPSA) is 33.1 Å². The molecule has 0 aliphatic heterocycles. The molecule has 110 valence electrons. The third-order valence-corrected chi connectivity index (χ3v) is 3.52. The van der Waals surface area contributed by atoms with Crippen molar-refractivity contribution in [3.8, 4) is 0 Å². The fourth-order valence-electron chi connectivity index (χ4n) is 2.83. The van der Waals surface area contributed by atoms with E-state index < -0.39 is 0 Å². The standard InChI is InChI=1S/C15H30N4/c1-6-8-15(3,12-16-7-2)13-18(4)10-14-9-17-19(5)11-14/h9,11,16H,6-8,10,12-13H2,1-5H3. The van der Waals surface area contributed by atoms with Crippen molar-refractivity contribution in [2.45, 2.75) is 40.2 Å². The van der Waals surface area contributed by atoms with Crippen LogP contribution < -0.4 is 5.32 Å². The zero-order valence-electron chi connectivity index (χ0n) is 13.2. The Labute approximate surface area is 118 Å². The molecule has 0 saturated heterocycles. The van der Waals surface area contributed by atoms with E-state index in [2.05, 4.69) is 49.3 Å². The predicted octanol–water partition coefficient (Wildman–Crippen LogP) is 2.27. The molecule has 0 spiro atoms. The maximum atomic E-state index is 4.23. The molecule has 0 saturated carbocycles. The number of aryl methyl sites for hydroxylation is 1. The molecule has 1 atom stereocenters. The summed E-state index contributed by atoms with van der Waals surface area (Å²) in [4.78, 5) is 2.41. The van der Waals surface area contributed by atoms with E-state index in [1.807, 2.05) is 17.9 Å². The molecule has 19 heavy (non-hydrogen) atoms. The van der Waals surface area contributed by atoms with Gasteiger partial charge in [0.2, 0.25) is 0 Å². The molecular weight excluding hydrogens is 236 g/mol. The third kappa shape index (κ3) is 5.74. The normalized spacial score (nSPS) is 14.8. The molecule has 1 aromatic rings. The first-order chi connectivity index (χ1) is 8.99. The van der Waals surface area contributed by atoms with Crippen molar-refractivity contribution in [2.75, 3.05) is 26.7 Å². The van der Waals surface area contributed by atoms with Crippen LogP contribution in [0.5, 0.6) is 0 Å². The van der Waals surface area contributed by atoms with Crippen molar-refractivity contribution in [1.29, 1.82) is 0 Å². The zero-order valence-corrected chi connectivity index (χ0v) is 13.2. The van der Waals surface area contributed by atoms with Gasteiger partial charge in [0.05, 0.1) is 6.20 Å². The summed E-state index contributed by atoms with van der Waals surface area (Å²) >= 11 is 0. The van der Waals surface area contributed by atoms with Crippen LogP contribution in [0.1, 0.15) is 39.2 Å². The Kier molecular flexibility index (Phi) is 6.52. The van der Waals surface area contributed by atoms with Gasteiger partial charge in [-0.1, -0.05) is 27.2 Å². The summed E-state index contributed by atoms with van der Waals surface area (Å²) in [5.74, 6) is 0. The summed E-state index contributed by atoms with van der Waals surface area (Å²) < 4.78 is 1.87. The summed E-state index contributed by atoms with van der Waals surface area (Å²) in [6.07, 6.45) is 6.55. The first-order valence-corrected chi connectivity index (χ1v) is 7.36. The van der Waals surface area contributed by atoms with E-state index in [9.17, 15) is 0 Å². The molecular formula is C15H30N4. The molecule has 0 fully saturated rings. The lowest BCUT2D eigenvalue weighted by Crippen LogP contribution is -2.40. The van der Waals surface area contributed by atoms with Crippen molar-refractivity contribution < 1.29 is 0 Å². The average Bonchev–Trinajstić information content (AvgIpc) is 2.72. The highest BCUT2D eigenvalue weighted by Crippen LogP contribution is 2.24. The molecule has 0 amide bonds. The Morgan fingerprint density at radius 3 is 2.68 bits per heavy atom. The number of nitrogens with one attached hydrogen (secondary N) is 1. The van der Waals surface area contributed by atoms with Gasteiger partial charge in [0, 0.05) is 38.4 Å². The average molecular weight is 266 g/mol. The highest BCUT2D eigenvalue weighted by Gasteiger charge is 2.24. The second-order valence-electron chi connectivity index (χ2n) is 6.04. The molecule has 4 heteroatoms. The minimum atomic E-state index is 0.349. The van der Waals surface area contributed by atoms with Crippen molar-refractivity contribution in [1.82, 2.24) is 20.0 Å². The second-order valence-corrected chi connectivity index (χ2v) is 6.04. The van der Waals surface area contributed by atoms with Crippen molar-refractivity contribution >= 4 is 0 Å². The van der Waals surface area contributed by atoms with E-state index in [1.54, 1.807) is 0 Å². The number of hydrogen-bond donors (Lipinski definition) is 1. The van der Waals surface area contributed by atoms with Gasteiger partial charge in [0.15, 0.2) is 0 Å². The fraction of sp³-hybridized carbons (Fsp3) is 0.800. The quantitative estimate of drug-likeness (QED) is 0.744. The van der Waals surface area contributed by atoms with Crippen LogP contribution in [0.4, 0.5) is 0 Å². The zero-order chi connectivity index (χ0) is 14.3. The smallest absolute Gasteiger partial charge is 0.0534 e. The van der Waals surface area contributed by atoms with Crippen molar-refractivity contribution in [3.05, 3.63) is 18.0 Å². The Balaban J connectivity index is 2.52. The molecule has 0 radical (unpaired) electrons. The highest BCUT2D eigenvalue weighted by atomic mass is 15.2. The molecule has 4 nitrogen and oxygen atoms in total. The van der Waals surface area contributed by atoms with Gasteiger partial charge >= 0.3 is 0 Å². The van der Waals surface area contributed by atoms with Gasteiger partial charge in [-0.2, -0.15) is 5.10 Å². The molecule has 1 unspecified atom stereocenters. The molecule has 0 aliphatic rings. The molecule has 1 heterocycles. The van der Waals surface area contributed by atoms with Crippen molar-refractivity contribution in [2.24, 2.45) is 12.5 Å². The van der Waals surface area contributed by atoms with Gasteiger partial charge in [0.25, 0.3) is 0 Å². The van der Waals surface area contributed by atoms with Crippen LogP contribution in [0.3, 0.4) is 0 Å². The first kappa shape index (κ1) is 16.2. The molecule has 1 rings (SSSR count). The number of hydrogen-bond acceptors (Lipinski definition) is 3. The van der Waals surface area contributed by atoms with Gasteiger partial charge < -0.3 is 10.2 Å². The molecule has 0 aliphatic carbocycles. The summed E-state index contributed by atoms with van der Waals surface area (Å²) in [6.45, 7) is 11.1. The number of rotatable bonds is 9. The highest BCUT2D eigenvalue weighted by molar-refractivity contribution is 5.03. The van der Waals surface area contributed by atoms with E-state index in [-0.39, 0.29) is 0 Å². The third-order valence-electron chi connectivity index (χ3n) is 3.52. The number of nitrogens with zero attached hydrogens (tertiary/aromatic N) is 3. The van der Waals surface area contributed by atoms with Gasteiger partial charge in [-0.15, -0.1) is 0 Å². The van der Waals surface area contributed by atoms with Gasteiger partial charge in [-0.05, 0) is 25.4 Å². The second kappa shape index (κ2) is 7.65. The van der Waals surface area contributed by atoms with Crippen LogP contribution in [-0.2, 0) is 13.6 Å². The molecule has 1 aromatic heterocycles. The van der Waals surface area contributed by atoms with Crippen LogP contribution >= 0.6 is 0 Å². The molecule has 1 N–H and O–H groups in total. The largest absolute Gasteiger partial charge is 0.316 e. The summed E-state index contributed by atoms with van der Waals surface area (Å²) in [7, 11) is 4.17.